The molecule has 0 saturated carbocycles. The second-order valence-corrected chi connectivity index (χ2v) is 6.26. The topological polar surface area (TPSA) is 124 Å². The first-order valence-corrected chi connectivity index (χ1v) is 7.34. The first-order chi connectivity index (χ1) is 9.35. The number of carbonyl (C=O) groups is 1. The smallest absolute Gasteiger partial charge is 0.289 e. The summed E-state index contributed by atoms with van der Waals surface area (Å²) in [5.41, 5.74) is 4.67. The number of sulfonamides is 1. The maximum absolute atomic E-state index is 12.5. The van der Waals surface area contributed by atoms with Crippen LogP contribution in [0.5, 0.6) is 0 Å². The summed E-state index contributed by atoms with van der Waals surface area (Å²) in [4.78, 5) is 21.0. The number of primary amides is 1. The number of carbonyl (C=O) groups excluding carboxylic acids is 1. The summed E-state index contributed by atoms with van der Waals surface area (Å²) in [6, 6.07) is 4.10. The minimum absolute atomic E-state index is 0.127. The van der Waals surface area contributed by atoms with E-state index >= 15 is 0 Å². The van der Waals surface area contributed by atoms with Crippen LogP contribution >= 0.6 is 0 Å². The van der Waals surface area contributed by atoms with Crippen molar-refractivity contribution in [3.63, 3.8) is 0 Å². The average molecular weight is 299 g/mol. The Morgan fingerprint density at radius 1 is 1.40 bits per heavy atom. The van der Waals surface area contributed by atoms with Crippen molar-refractivity contribution in [2.45, 2.75) is 23.8 Å². The predicted octanol–water partition coefficient (Wildman–Crippen LogP) is 0.233. The molecule has 8 nitrogen and oxygen atoms in total. The molecule has 1 aliphatic heterocycles. The van der Waals surface area contributed by atoms with E-state index in [1.807, 2.05) is 0 Å². The van der Waals surface area contributed by atoms with Crippen LogP contribution in [0.3, 0.4) is 0 Å². The second kappa shape index (κ2) is 5.17. The van der Waals surface area contributed by atoms with Crippen LogP contribution in [0.15, 0.2) is 29.2 Å². The number of hydrogen-bond donors (Lipinski definition) is 1. The zero-order valence-corrected chi connectivity index (χ0v) is 11.2. The Morgan fingerprint density at radius 2 is 2.05 bits per heavy atom. The van der Waals surface area contributed by atoms with E-state index in [9.17, 15) is 23.3 Å². The molecule has 1 heterocycles. The lowest BCUT2D eigenvalue weighted by atomic mass is 10.2. The van der Waals surface area contributed by atoms with Crippen LogP contribution in [0, 0.1) is 10.1 Å². The van der Waals surface area contributed by atoms with Gasteiger partial charge in [0.15, 0.2) is 4.90 Å². The number of hydrogen-bond acceptors (Lipinski definition) is 5. The Bertz CT molecular complexity index is 658. The van der Waals surface area contributed by atoms with Crippen LogP contribution in [-0.4, -0.2) is 36.1 Å². The maximum Gasteiger partial charge on any atom is 0.289 e. The number of nitro groups is 1. The molecule has 0 aliphatic carbocycles. The summed E-state index contributed by atoms with van der Waals surface area (Å²) in [5, 5.41) is 10.9. The van der Waals surface area contributed by atoms with Crippen LogP contribution in [0.2, 0.25) is 0 Å². The van der Waals surface area contributed by atoms with Crippen molar-refractivity contribution < 1.29 is 18.1 Å². The molecule has 1 aromatic carbocycles. The van der Waals surface area contributed by atoms with Crippen molar-refractivity contribution in [1.29, 1.82) is 0 Å². The Balaban J connectivity index is 2.51. The lowest BCUT2D eigenvalue weighted by molar-refractivity contribution is -0.387. The van der Waals surface area contributed by atoms with E-state index in [0.29, 0.717) is 12.8 Å². The minimum atomic E-state index is -4.12. The van der Waals surface area contributed by atoms with E-state index < -0.39 is 37.5 Å². The molecular weight excluding hydrogens is 286 g/mol. The van der Waals surface area contributed by atoms with Crippen molar-refractivity contribution in [1.82, 2.24) is 4.31 Å². The first-order valence-electron chi connectivity index (χ1n) is 5.90. The minimum Gasteiger partial charge on any atom is -0.368 e. The zero-order valence-electron chi connectivity index (χ0n) is 10.4. The molecule has 0 radical (unpaired) electrons. The zero-order chi connectivity index (χ0) is 14.9. The van der Waals surface area contributed by atoms with E-state index in [0.717, 1.165) is 16.4 Å². The molecule has 0 spiro atoms. The molecule has 1 atom stereocenters. The van der Waals surface area contributed by atoms with Gasteiger partial charge in [0, 0.05) is 12.6 Å². The normalized spacial score (nSPS) is 19.9. The van der Waals surface area contributed by atoms with Gasteiger partial charge in [0.05, 0.1) is 4.92 Å². The van der Waals surface area contributed by atoms with Gasteiger partial charge in [-0.1, -0.05) is 12.1 Å². The van der Waals surface area contributed by atoms with E-state index in [4.69, 9.17) is 5.73 Å². The van der Waals surface area contributed by atoms with E-state index in [1.165, 1.54) is 12.1 Å². The van der Waals surface area contributed by atoms with Crippen molar-refractivity contribution in [3.05, 3.63) is 34.4 Å². The standard InChI is InChI=1S/C11H13N3O5S/c12-11(15)9-5-3-7-13(9)20(18,19)10-6-2-1-4-8(10)14(16)17/h1-2,4,6,9H,3,5,7H2,(H2,12,15). The van der Waals surface area contributed by atoms with Gasteiger partial charge in [0.2, 0.25) is 5.91 Å². The van der Waals surface area contributed by atoms with Crippen LogP contribution in [0.1, 0.15) is 12.8 Å². The molecule has 2 rings (SSSR count). The molecular formula is C11H13N3O5S. The summed E-state index contributed by atoms with van der Waals surface area (Å²) in [5.74, 6) is -0.746. The Kier molecular flexibility index (Phi) is 3.73. The van der Waals surface area contributed by atoms with Crippen molar-refractivity contribution in [2.75, 3.05) is 6.54 Å². The summed E-state index contributed by atoms with van der Waals surface area (Å²) < 4.78 is 25.9. The van der Waals surface area contributed by atoms with Gasteiger partial charge in [0.25, 0.3) is 15.7 Å². The highest BCUT2D eigenvalue weighted by Gasteiger charge is 2.40. The number of benzene rings is 1. The number of nitrogens with zero attached hydrogens (tertiary/aromatic N) is 2. The highest BCUT2D eigenvalue weighted by molar-refractivity contribution is 7.89. The highest BCUT2D eigenvalue weighted by atomic mass is 32.2. The van der Waals surface area contributed by atoms with Gasteiger partial charge in [-0.05, 0) is 18.9 Å². The molecule has 1 saturated heterocycles. The molecule has 1 unspecified atom stereocenters. The number of para-hydroxylation sites is 1. The van der Waals surface area contributed by atoms with Crippen LogP contribution in [-0.2, 0) is 14.8 Å². The summed E-state index contributed by atoms with van der Waals surface area (Å²) >= 11 is 0. The molecule has 0 bridgehead atoms. The summed E-state index contributed by atoms with van der Waals surface area (Å²) in [7, 11) is -4.12. The van der Waals surface area contributed by atoms with Gasteiger partial charge in [-0.2, -0.15) is 4.31 Å². The number of amides is 1. The quantitative estimate of drug-likeness (QED) is 0.629. The largest absolute Gasteiger partial charge is 0.368 e. The van der Waals surface area contributed by atoms with E-state index in [2.05, 4.69) is 0 Å². The second-order valence-electron chi connectivity index (χ2n) is 4.40. The van der Waals surface area contributed by atoms with Gasteiger partial charge < -0.3 is 5.73 Å². The first kappa shape index (κ1) is 14.4. The SMILES string of the molecule is NC(=O)C1CCCN1S(=O)(=O)c1ccccc1[N+](=O)[O-]. The van der Waals surface area contributed by atoms with Gasteiger partial charge >= 0.3 is 0 Å². The summed E-state index contributed by atoms with van der Waals surface area (Å²) in [6.45, 7) is 0.127. The molecule has 1 aromatic rings. The van der Waals surface area contributed by atoms with E-state index in [1.54, 1.807) is 0 Å². The third-order valence-corrected chi connectivity index (χ3v) is 5.14. The fraction of sp³-hybridized carbons (Fsp3) is 0.364. The van der Waals surface area contributed by atoms with Crippen molar-refractivity contribution in [3.8, 4) is 0 Å². The monoisotopic (exact) mass is 299 g/mol. The third kappa shape index (κ3) is 2.37. The molecule has 20 heavy (non-hydrogen) atoms. The molecule has 108 valence electrons. The van der Waals surface area contributed by atoms with Gasteiger partial charge in [0.1, 0.15) is 6.04 Å². The van der Waals surface area contributed by atoms with Gasteiger partial charge in [-0.3, -0.25) is 14.9 Å². The van der Waals surface area contributed by atoms with Crippen molar-refractivity contribution in [2.24, 2.45) is 5.73 Å². The van der Waals surface area contributed by atoms with Crippen LogP contribution in [0.25, 0.3) is 0 Å². The molecule has 9 heteroatoms. The van der Waals surface area contributed by atoms with Gasteiger partial charge in [-0.15, -0.1) is 0 Å². The average Bonchev–Trinajstić information content (AvgIpc) is 2.88. The van der Waals surface area contributed by atoms with Crippen molar-refractivity contribution >= 4 is 21.6 Å². The molecule has 1 aliphatic rings. The van der Waals surface area contributed by atoms with E-state index in [-0.39, 0.29) is 6.54 Å². The Labute approximate surface area is 115 Å². The van der Waals surface area contributed by atoms with Crippen LogP contribution in [0.4, 0.5) is 5.69 Å². The molecule has 0 aromatic heterocycles. The molecule has 1 amide bonds. The number of rotatable bonds is 4. The molecule has 1 fully saturated rings. The molecule has 2 N–H and O–H groups in total. The number of nitro benzene ring substituents is 1. The Morgan fingerprint density at radius 3 is 2.65 bits per heavy atom. The van der Waals surface area contributed by atoms with Crippen LogP contribution < -0.4 is 5.73 Å². The fourth-order valence-electron chi connectivity index (χ4n) is 2.26. The summed E-state index contributed by atoms with van der Waals surface area (Å²) in [6.07, 6.45) is 0.822. The maximum atomic E-state index is 12.5. The number of nitrogens with two attached hydrogens (primary N) is 1. The third-order valence-electron chi connectivity index (χ3n) is 3.18. The Hall–Kier alpha value is -2.00. The lowest BCUT2D eigenvalue weighted by Gasteiger charge is -2.21. The highest BCUT2D eigenvalue weighted by Crippen LogP contribution is 2.30. The van der Waals surface area contributed by atoms with Gasteiger partial charge in [-0.25, -0.2) is 8.42 Å². The lowest BCUT2D eigenvalue weighted by Crippen LogP contribution is -2.43. The fourth-order valence-corrected chi connectivity index (χ4v) is 4.09. The predicted molar refractivity (Wildman–Crippen MR) is 69.2 cm³/mol.